The van der Waals surface area contributed by atoms with E-state index in [0.29, 0.717) is 40.3 Å². The highest BCUT2D eigenvalue weighted by Gasteiger charge is 2.24. The van der Waals surface area contributed by atoms with Crippen LogP contribution in [0.5, 0.6) is 5.75 Å². The van der Waals surface area contributed by atoms with E-state index in [-0.39, 0.29) is 36.7 Å². The van der Waals surface area contributed by atoms with Gasteiger partial charge in [-0.25, -0.2) is 4.98 Å². The van der Waals surface area contributed by atoms with Crippen molar-refractivity contribution in [2.75, 3.05) is 50.1 Å². The molecule has 206 valence electrons. The first-order chi connectivity index (χ1) is 18.7. The van der Waals surface area contributed by atoms with Crippen LogP contribution in [0.15, 0.2) is 53.9 Å². The van der Waals surface area contributed by atoms with Gasteiger partial charge in [0.1, 0.15) is 12.3 Å². The van der Waals surface area contributed by atoms with Gasteiger partial charge in [0.15, 0.2) is 5.13 Å². The Labute approximate surface area is 237 Å². The van der Waals surface area contributed by atoms with Crippen molar-refractivity contribution in [1.82, 2.24) is 14.8 Å². The lowest BCUT2D eigenvalue weighted by atomic mass is 10.1. The van der Waals surface area contributed by atoms with Gasteiger partial charge in [-0.2, -0.15) is 0 Å². The summed E-state index contributed by atoms with van der Waals surface area (Å²) in [6.45, 7) is 6.29. The lowest BCUT2D eigenvalue weighted by Gasteiger charge is -2.36. The number of piperazine rings is 1. The minimum atomic E-state index is -0.352. The molecule has 3 aromatic rings. The maximum absolute atomic E-state index is 13.0. The Kier molecular flexibility index (Phi) is 9.42. The number of thiazole rings is 1. The first kappa shape index (κ1) is 28.4. The van der Waals surface area contributed by atoms with Gasteiger partial charge in [-0.05, 0) is 56.3 Å². The molecule has 0 atom stereocenters. The molecule has 2 aromatic carbocycles. The molecular formula is C28H32ClN5O4S. The topological polar surface area (TPSA) is 95.1 Å². The number of carbonyl (C=O) groups excluding carboxylic acids is 3. The Balaban J connectivity index is 1.28. The molecule has 0 bridgehead atoms. The minimum absolute atomic E-state index is 0.00000758. The molecule has 0 spiro atoms. The summed E-state index contributed by atoms with van der Waals surface area (Å²) in [5.41, 5.74) is 2.13. The Morgan fingerprint density at radius 3 is 2.46 bits per heavy atom. The third-order valence-electron chi connectivity index (χ3n) is 6.47. The highest BCUT2D eigenvalue weighted by atomic mass is 35.5. The normalized spacial score (nSPS) is 13.4. The van der Waals surface area contributed by atoms with Gasteiger partial charge in [-0.15, -0.1) is 11.3 Å². The predicted octanol–water partition coefficient (Wildman–Crippen LogP) is 4.19. The first-order valence-electron chi connectivity index (χ1n) is 12.7. The van der Waals surface area contributed by atoms with Crippen LogP contribution in [0, 0.1) is 0 Å². The number of hydrogen-bond donors (Lipinski definition) is 1. The van der Waals surface area contributed by atoms with Crippen LogP contribution in [0.4, 0.5) is 10.8 Å². The second-order valence-corrected chi connectivity index (χ2v) is 10.8. The number of nitrogens with zero attached hydrogens (tertiary/aromatic N) is 4. The molecule has 3 amide bonds. The Hall–Kier alpha value is -3.63. The summed E-state index contributed by atoms with van der Waals surface area (Å²) in [5.74, 6) is 0.0526. The van der Waals surface area contributed by atoms with E-state index < -0.39 is 0 Å². The molecule has 0 unspecified atom stereocenters. The number of benzene rings is 2. The molecule has 1 saturated heterocycles. The van der Waals surface area contributed by atoms with Crippen molar-refractivity contribution in [3.05, 3.63) is 70.2 Å². The molecule has 0 saturated carbocycles. The molecule has 11 heteroatoms. The summed E-state index contributed by atoms with van der Waals surface area (Å²) in [7, 11) is 1.56. The zero-order chi connectivity index (χ0) is 27.9. The maximum Gasteiger partial charge on any atom is 0.254 e. The molecule has 1 N–H and O–H groups in total. The molecule has 0 aliphatic carbocycles. The van der Waals surface area contributed by atoms with Crippen LogP contribution in [0.3, 0.4) is 0 Å². The van der Waals surface area contributed by atoms with Crippen molar-refractivity contribution < 1.29 is 19.1 Å². The number of nitrogens with one attached hydrogen (secondary N) is 1. The van der Waals surface area contributed by atoms with Crippen LogP contribution in [0.1, 0.15) is 29.9 Å². The van der Waals surface area contributed by atoms with Gasteiger partial charge in [0.05, 0.1) is 19.2 Å². The second kappa shape index (κ2) is 12.9. The van der Waals surface area contributed by atoms with Crippen LogP contribution in [-0.4, -0.2) is 78.4 Å². The van der Waals surface area contributed by atoms with Crippen molar-refractivity contribution >= 4 is 51.5 Å². The number of amides is 3. The molecule has 1 fully saturated rings. The van der Waals surface area contributed by atoms with Crippen molar-refractivity contribution in [2.45, 2.75) is 26.3 Å². The fourth-order valence-electron chi connectivity index (χ4n) is 4.30. The van der Waals surface area contributed by atoms with E-state index in [1.165, 1.54) is 16.2 Å². The third kappa shape index (κ3) is 7.48. The van der Waals surface area contributed by atoms with E-state index in [1.807, 2.05) is 43.0 Å². The number of ether oxygens (including phenoxy) is 1. The highest BCUT2D eigenvalue weighted by Crippen LogP contribution is 2.22. The SMILES string of the molecule is COc1ccc(C(=O)N(CC(=O)Nc2nc(CC(=O)N3CCN(c4cccc(Cl)c4)CC3)cs2)C(C)C)cc1. The largest absolute Gasteiger partial charge is 0.497 e. The minimum Gasteiger partial charge on any atom is -0.497 e. The van der Waals surface area contributed by atoms with Gasteiger partial charge in [0.25, 0.3) is 5.91 Å². The number of halogens is 1. The Bertz CT molecular complexity index is 1310. The lowest BCUT2D eigenvalue weighted by molar-refractivity contribution is -0.130. The fraction of sp³-hybridized carbons (Fsp3) is 0.357. The molecule has 9 nitrogen and oxygen atoms in total. The van der Waals surface area contributed by atoms with Crippen LogP contribution in [0.25, 0.3) is 0 Å². The zero-order valence-electron chi connectivity index (χ0n) is 22.2. The van der Waals surface area contributed by atoms with Gasteiger partial charge >= 0.3 is 0 Å². The van der Waals surface area contributed by atoms with E-state index >= 15 is 0 Å². The fourth-order valence-corrected chi connectivity index (χ4v) is 5.21. The zero-order valence-corrected chi connectivity index (χ0v) is 23.8. The lowest BCUT2D eigenvalue weighted by Crippen LogP contribution is -2.49. The smallest absolute Gasteiger partial charge is 0.254 e. The second-order valence-electron chi connectivity index (χ2n) is 9.47. The van der Waals surface area contributed by atoms with E-state index in [2.05, 4.69) is 15.2 Å². The monoisotopic (exact) mass is 569 g/mol. The van der Waals surface area contributed by atoms with E-state index in [9.17, 15) is 14.4 Å². The first-order valence-corrected chi connectivity index (χ1v) is 14.0. The predicted molar refractivity (Wildman–Crippen MR) is 154 cm³/mol. The van der Waals surface area contributed by atoms with E-state index in [1.54, 1.807) is 36.8 Å². The number of methoxy groups -OCH3 is 1. The standard InChI is InChI=1S/C28H32ClN5O4S/c1-19(2)34(27(37)20-7-9-24(38-3)10-8-20)17-25(35)31-28-30-22(18-39-28)16-26(36)33-13-11-32(12-14-33)23-6-4-5-21(29)15-23/h4-10,15,18-19H,11-14,16-17H2,1-3H3,(H,30,31,35). The highest BCUT2D eigenvalue weighted by molar-refractivity contribution is 7.13. The van der Waals surface area contributed by atoms with Gasteiger partial charge < -0.3 is 24.8 Å². The van der Waals surface area contributed by atoms with Gasteiger partial charge in [0, 0.05) is 53.9 Å². The maximum atomic E-state index is 13.0. The van der Waals surface area contributed by atoms with Crippen molar-refractivity contribution in [3.63, 3.8) is 0 Å². The quantitative estimate of drug-likeness (QED) is 0.415. The number of anilines is 2. The average molecular weight is 570 g/mol. The van der Waals surface area contributed by atoms with Crippen LogP contribution >= 0.6 is 22.9 Å². The summed E-state index contributed by atoms with van der Waals surface area (Å²) in [4.78, 5) is 48.6. The number of rotatable bonds is 9. The van der Waals surface area contributed by atoms with E-state index in [0.717, 1.165) is 18.8 Å². The molecule has 1 aliphatic rings. The molecule has 0 radical (unpaired) electrons. The van der Waals surface area contributed by atoms with Crippen LogP contribution < -0.4 is 15.0 Å². The van der Waals surface area contributed by atoms with E-state index in [4.69, 9.17) is 16.3 Å². The summed E-state index contributed by atoms with van der Waals surface area (Å²) >= 11 is 7.37. The summed E-state index contributed by atoms with van der Waals surface area (Å²) in [6, 6.07) is 14.3. The van der Waals surface area contributed by atoms with Crippen LogP contribution in [-0.2, 0) is 16.0 Å². The molecule has 1 aromatic heterocycles. The van der Waals surface area contributed by atoms with Crippen LogP contribution in [0.2, 0.25) is 5.02 Å². The summed E-state index contributed by atoms with van der Waals surface area (Å²) in [5, 5.41) is 5.63. The molecule has 39 heavy (non-hydrogen) atoms. The number of hydrogen-bond acceptors (Lipinski definition) is 7. The molecule has 1 aliphatic heterocycles. The third-order valence-corrected chi connectivity index (χ3v) is 7.51. The van der Waals surface area contributed by atoms with Gasteiger partial charge in [0.2, 0.25) is 11.8 Å². The van der Waals surface area contributed by atoms with Crippen molar-refractivity contribution in [2.24, 2.45) is 0 Å². The molecular weight excluding hydrogens is 538 g/mol. The average Bonchev–Trinajstić information content (AvgIpc) is 3.37. The van der Waals surface area contributed by atoms with Crippen molar-refractivity contribution in [3.8, 4) is 5.75 Å². The molecule has 2 heterocycles. The number of aromatic nitrogens is 1. The van der Waals surface area contributed by atoms with Gasteiger partial charge in [-0.3, -0.25) is 14.4 Å². The Morgan fingerprint density at radius 2 is 1.82 bits per heavy atom. The number of carbonyl (C=O) groups is 3. The van der Waals surface area contributed by atoms with Gasteiger partial charge in [-0.1, -0.05) is 17.7 Å². The Morgan fingerprint density at radius 1 is 1.10 bits per heavy atom. The summed E-state index contributed by atoms with van der Waals surface area (Å²) < 4.78 is 5.15. The molecule has 4 rings (SSSR count). The van der Waals surface area contributed by atoms with Crippen molar-refractivity contribution in [1.29, 1.82) is 0 Å². The summed E-state index contributed by atoms with van der Waals surface area (Å²) in [6.07, 6.45) is 0.164.